The Morgan fingerprint density at radius 2 is 1.63 bits per heavy atom. The van der Waals surface area contributed by atoms with Crippen molar-refractivity contribution < 1.29 is 24.2 Å². The number of amides is 2. The predicted molar refractivity (Wildman–Crippen MR) is 131 cm³/mol. The van der Waals surface area contributed by atoms with Crippen LogP contribution in [0.3, 0.4) is 0 Å². The number of rotatable bonds is 7. The molecule has 0 unspecified atom stereocenters. The lowest BCUT2D eigenvalue weighted by molar-refractivity contribution is -0.135. The van der Waals surface area contributed by atoms with Gasteiger partial charge >= 0.3 is 12.1 Å². The molecular formula is C28H30N2O5. The first-order chi connectivity index (χ1) is 17.0. The third-order valence-electron chi connectivity index (χ3n) is 7.51. The fourth-order valence-corrected chi connectivity index (χ4v) is 5.55. The van der Waals surface area contributed by atoms with E-state index in [-0.39, 0.29) is 11.8 Å². The highest BCUT2D eigenvalue weighted by atomic mass is 16.5. The average Bonchev–Trinajstić information content (AvgIpc) is 3.17. The highest BCUT2D eigenvalue weighted by molar-refractivity contribution is 5.87. The number of carboxylic acids is 1. The van der Waals surface area contributed by atoms with Crippen LogP contribution in [0.4, 0.5) is 4.79 Å². The summed E-state index contributed by atoms with van der Waals surface area (Å²) in [5.41, 5.74) is 5.18. The SMILES string of the molecule is O=C(NCC1CC(CC(=O)N2CC=C(C(=O)O)CC2)C1)OCC1c2ccccc2-c2ccccc21. The van der Waals surface area contributed by atoms with E-state index in [4.69, 9.17) is 9.84 Å². The van der Waals surface area contributed by atoms with Crippen LogP contribution in [-0.2, 0) is 14.3 Å². The standard InChI is InChI=1S/C28H30N2O5/c31-26(30-11-9-20(10-12-30)27(32)33)15-18-13-19(14-18)16-29-28(34)35-17-25-23-7-3-1-5-21(23)22-6-2-4-8-24(22)25/h1-9,18-19,25H,10-17H2,(H,29,34)(H,32,33). The van der Waals surface area contributed by atoms with E-state index in [0.717, 1.165) is 12.8 Å². The first-order valence-electron chi connectivity index (χ1n) is 12.3. The summed E-state index contributed by atoms with van der Waals surface area (Å²) in [6, 6.07) is 16.5. The van der Waals surface area contributed by atoms with Crippen LogP contribution in [0, 0.1) is 11.8 Å². The van der Waals surface area contributed by atoms with Gasteiger partial charge in [0, 0.05) is 37.5 Å². The Morgan fingerprint density at radius 1 is 0.971 bits per heavy atom. The van der Waals surface area contributed by atoms with E-state index in [0.29, 0.717) is 56.5 Å². The molecule has 0 bridgehead atoms. The summed E-state index contributed by atoms with van der Waals surface area (Å²) < 4.78 is 5.60. The van der Waals surface area contributed by atoms with E-state index in [9.17, 15) is 14.4 Å². The first kappa shape index (κ1) is 23.1. The molecule has 2 N–H and O–H groups in total. The molecule has 35 heavy (non-hydrogen) atoms. The van der Waals surface area contributed by atoms with Crippen molar-refractivity contribution in [2.45, 2.75) is 31.6 Å². The van der Waals surface area contributed by atoms with Crippen molar-refractivity contribution in [1.29, 1.82) is 0 Å². The summed E-state index contributed by atoms with van der Waals surface area (Å²) in [4.78, 5) is 37.6. The first-order valence-corrected chi connectivity index (χ1v) is 12.3. The van der Waals surface area contributed by atoms with Gasteiger partial charge in [0.2, 0.25) is 5.91 Å². The number of benzene rings is 2. The number of nitrogens with one attached hydrogen (secondary N) is 1. The Balaban J connectivity index is 1.03. The second-order valence-corrected chi connectivity index (χ2v) is 9.74. The molecule has 3 aliphatic rings. The molecular weight excluding hydrogens is 444 g/mol. The summed E-state index contributed by atoms with van der Waals surface area (Å²) in [6.07, 6.45) is 3.92. The van der Waals surface area contributed by atoms with Crippen LogP contribution in [-0.4, -0.2) is 54.2 Å². The van der Waals surface area contributed by atoms with E-state index in [1.54, 1.807) is 11.0 Å². The third kappa shape index (κ3) is 4.94. The van der Waals surface area contributed by atoms with Crippen molar-refractivity contribution in [1.82, 2.24) is 10.2 Å². The van der Waals surface area contributed by atoms with Crippen molar-refractivity contribution >= 4 is 18.0 Å². The van der Waals surface area contributed by atoms with E-state index >= 15 is 0 Å². The van der Waals surface area contributed by atoms with Crippen LogP contribution in [0.25, 0.3) is 11.1 Å². The number of carboxylic acid groups (broad SMARTS) is 1. The monoisotopic (exact) mass is 474 g/mol. The normalized spacial score (nSPS) is 20.8. The number of hydrogen-bond donors (Lipinski definition) is 2. The Bertz CT molecular complexity index is 1120. The minimum Gasteiger partial charge on any atom is -0.478 e. The van der Waals surface area contributed by atoms with Crippen molar-refractivity contribution in [3.8, 4) is 11.1 Å². The van der Waals surface area contributed by atoms with Crippen LogP contribution in [0.2, 0.25) is 0 Å². The van der Waals surface area contributed by atoms with E-state index in [2.05, 4.69) is 29.6 Å². The maximum Gasteiger partial charge on any atom is 0.407 e. The molecule has 2 amide bonds. The minimum absolute atomic E-state index is 0.0449. The number of nitrogens with zero attached hydrogens (tertiary/aromatic N) is 1. The van der Waals surface area contributed by atoms with Gasteiger partial charge in [-0.2, -0.15) is 0 Å². The number of hydrogen-bond acceptors (Lipinski definition) is 4. The van der Waals surface area contributed by atoms with Gasteiger partial charge in [0.05, 0.1) is 0 Å². The van der Waals surface area contributed by atoms with Crippen molar-refractivity contribution in [2.24, 2.45) is 11.8 Å². The molecule has 1 heterocycles. The van der Waals surface area contributed by atoms with Gasteiger partial charge in [-0.3, -0.25) is 4.79 Å². The highest BCUT2D eigenvalue weighted by Crippen LogP contribution is 2.44. The molecule has 5 rings (SSSR count). The van der Waals surface area contributed by atoms with Gasteiger partial charge in [0.25, 0.3) is 0 Å². The second-order valence-electron chi connectivity index (χ2n) is 9.74. The molecule has 1 saturated carbocycles. The number of ether oxygens (including phenoxy) is 1. The van der Waals surface area contributed by atoms with Crippen LogP contribution in [0.15, 0.2) is 60.2 Å². The zero-order chi connectivity index (χ0) is 24.4. The lowest BCUT2D eigenvalue weighted by atomic mass is 9.73. The second kappa shape index (κ2) is 9.94. The van der Waals surface area contributed by atoms with Crippen molar-refractivity contribution in [3.05, 3.63) is 71.3 Å². The van der Waals surface area contributed by atoms with E-state index in [1.807, 2.05) is 24.3 Å². The molecule has 2 aromatic rings. The molecule has 182 valence electrons. The van der Waals surface area contributed by atoms with Gasteiger partial charge in [-0.05, 0) is 53.4 Å². The number of aliphatic carboxylic acids is 1. The Labute approximate surface area is 204 Å². The molecule has 0 aromatic heterocycles. The summed E-state index contributed by atoms with van der Waals surface area (Å²) in [6.45, 7) is 1.70. The molecule has 2 aromatic carbocycles. The fourth-order valence-electron chi connectivity index (χ4n) is 5.55. The van der Waals surface area contributed by atoms with Gasteiger partial charge in [0.15, 0.2) is 0 Å². The van der Waals surface area contributed by atoms with Gasteiger partial charge in [0.1, 0.15) is 6.61 Å². The molecule has 2 aliphatic carbocycles. The van der Waals surface area contributed by atoms with E-state index in [1.165, 1.54) is 22.3 Å². The average molecular weight is 475 g/mol. The molecule has 7 heteroatoms. The lowest BCUT2D eigenvalue weighted by Crippen LogP contribution is -2.41. The minimum atomic E-state index is -0.900. The zero-order valence-electron chi connectivity index (χ0n) is 19.6. The van der Waals surface area contributed by atoms with Crippen LogP contribution < -0.4 is 5.32 Å². The van der Waals surface area contributed by atoms with Crippen LogP contribution >= 0.6 is 0 Å². The smallest absolute Gasteiger partial charge is 0.407 e. The molecule has 0 atom stereocenters. The summed E-state index contributed by atoms with van der Waals surface area (Å²) >= 11 is 0. The molecule has 0 saturated heterocycles. The van der Waals surface area contributed by atoms with E-state index < -0.39 is 12.1 Å². The van der Waals surface area contributed by atoms with Gasteiger partial charge in [-0.15, -0.1) is 0 Å². The molecule has 1 fully saturated rings. The lowest BCUT2D eigenvalue weighted by Gasteiger charge is -2.36. The summed E-state index contributed by atoms with van der Waals surface area (Å²) in [5, 5.41) is 11.9. The summed E-state index contributed by atoms with van der Waals surface area (Å²) in [7, 11) is 0. The predicted octanol–water partition coefficient (Wildman–Crippen LogP) is 4.18. The van der Waals surface area contributed by atoms with Gasteiger partial charge in [-0.25, -0.2) is 9.59 Å². The zero-order valence-corrected chi connectivity index (χ0v) is 19.6. The number of carbonyl (C=O) groups excluding carboxylic acids is 2. The fraction of sp³-hybridized carbons (Fsp3) is 0.393. The van der Waals surface area contributed by atoms with Crippen LogP contribution in [0.5, 0.6) is 0 Å². The molecule has 0 radical (unpaired) electrons. The Kier molecular flexibility index (Phi) is 6.57. The number of fused-ring (bicyclic) bond motifs is 3. The van der Waals surface area contributed by atoms with Crippen molar-refractivity contribution in [2.75, 3.05) is 26.2 Å². The number of alkyl carbamates (subject to hydrolysis) is 1. The van der Waals surface area contributed by atoms with Gasteiger partial charge < -0.3 is 20.1 Å². The largest absolute Gasteiger partial charge is 0.478 e. The van der Waals surface area contributed by atoms with Crippen molar-refractivity contribution in [3.63, 3.8) is 0 Å². The third-order valence-corrected chi connectivity index (χ3v) is 7.51. The topological polar surface area (TPSA) is 95.9 Å². The molecule has 1 aliphatic heterocycles. The maximum absolute atomic E-state index is 12.5. The summed E-state index contributed by atoms with van der Waals surface area (Å²) in [5.74, 6) is -0.0975. The quantitative estimate of drug-likeness (QED) is 0.628. The van der Waals surface area contributed by atoms with Crippen LogP contribution in [0.1, 0.15) is 42.7 Å². The Morgan fingerprint density at radius 3 is 2.23 bits per heavy atom. The highest BCUT2D eigenvalue weighted by Gasteiger charge is 2.33. The Hall–Kier alpha value is -3.61. The van der Waals surface area contributed by atoms with Gasteiger partial charge in [-0.1, -0.05) is 54.6 Å². The maximum atomic E-state index is 12.5. The number of carbonyl (C=O) groups is 3. The molecule has 0 spiro atoms. The molecule has 7 nitrogen and oxygen atoms in total.